The number of hydrogen-bond donors (Lipinski definition) is 1. The van der Waals surface area contributed by atoms with Crippen LogP contribution in [0.5, 0.6) is 0 Å². The Bertz CT molecular complexity index is 233. The maximum absolute atomic E-state index is 3.85. The first-order chi connectivity index (χ1) is 7.85. The quantitative estimate of drug-likeness (QED) is 0.786. The lowest BCUT2D eigenvalue weighted by Crippen LogP contribution is -2.54. The number of likely N-dealkylation sites (tertiary alicyclic amines) is 1. The second-order valence-corrected chi connectivity index (χ2v) is 6.19. The van der Waals surface area contributed by atoms with Crippen molar-refractivity contribution in [2.75, 3.05) is 13.1 Å². The Labute approximate surface area is 99.8 Å². The monoisotopic (exact) mass is 222 g/mol. The molecule has 2 aliphatic carbocycles. The second-order valence-electron chi connectivity index (χ2n) is 6.19. The molecule has 2 heteroatoms. The molecule has 1 heterocycles. The Hall–Kier alpha value is -0.0800. The van der Waals surface area contributed by atoms with Crippen molar-refractivity contribution in [2.45, 2.75) is 70.0 Å². The van der Waals surface area contributed by atoms with Gasteiger partial charge in [0.2, 0.25) is 0 Å². The molecule has 1 N–H and O–H groups in total. The Morgan fingerprint density at radius 3 is 2.44 bits per heavy atom. The zero-order valence-corrected chi connectivity index (χ0v) is 10.6. The molecular formula is C14H26N2. The highest BCUT2D eigenvalue weighted by molar-refractivity contribution is 4.93. The van der Waals surface area contributed by atoms with Crippen LogP contribution >= 0.6 is 0 Å². The zero-order valence-electron chi connectivity index (χ0n) is 10.6. The van der Waals surface area contributed by atoms with Crippen molar-refractivity contribution in [3.8, 4) is 0 Å². The molecule has 2 unspecified atom stereocenters. The molecule has 0 aromatic rings. The van der Waals surface area contributed by atoms with E-state index in [4.69, 9.17) is 0 Å². The third-order valence-corrected chi connectivity index (χ3v) is 4.78. The molecule has 1 aliphatic heterocycles. The van der Waals surface area contributed by atoms with Crippen molar-refractivity contribution < 1.29 is 0 Å². The van der Waals surface area contributed by atoms with Gasteiger partial charge < -0.3 is 5.32 Å². The minimum Gasteiger partial charge on any atom is -0.310 e. The summed E-state index contributed by atoms with van der Waals surface area (Å²) in [6.07, 6.45) is 10.0. The molecule has 0 amide bonds. The average molecular weight is 222 g/mol. The molecule has 1 saturated heterocycles. The Morgan fingerprint density at radius 1 is 1.06 bits per heavy atom. The minimum atomic E-state index is 0.798. The van der Waals surface area contributed by atoms with E-state index in [0.29, 0.717) is 0 Å². The van der Waals surface area contributed by atoms with E-state index in [0.717, 1.165) is 24.0 Å². The molecule has 2 nitrogen and oxygen atoms in total. The lowest BCUT2D eigenvalue weighted by molar-refractivity contribution is 0.0571. The molecule has 3 rings (SSSR count). The summed E-state index contributed by atoms with van der Waals surface area (Å²) in [4.78, 5) is 2.79. The molecule has 0 spiro atoms. The van der Waals surface area contributed by atoms with Crippen LogP contribution in [0.25, 0.3) is 0 Å². The number of rotatable bonds is 4. The van der Waals surface area contributed by atoms with Gasteiger partial charge in [-0.15, -0.1) is 0 Å². The van der Waals surface area contributed by atoms with Crippen molar-refractivity contribution in [2.24, 2.45) is 5.92 Å². The van der Waals surface area contributed by atoms with E-state index in [-0.39, 0.29) is 0 Å². The lowest BCUT2D eigenvalue weighted by Gasteiger charge is -2.45. The van der Waals surface area contributed by atoms with Gasteiger partial charge in [-0.25, -0.2) is 0 Å². The molecule has 0 radical (unpaired) electrons. The van der Waals surface area contributed by atoms with Gasteiger partial charge in [-0.1, -0.05) is 19.8 Å². The van der Waals surface area contributed by atoms with Crippen LogP contribution in [0.15, 0.2) is 0 Å². The van der Waals surface area contributed by atoms with E-state index in [1.165, 1.54) is 58.0 Å². The fourth-order valence-electron chi connectivity index (χ4n) is 3.29. The van der Waals surface area contributed by atoms with Crippen LogP contribution < -0.4 is 5.32 Å². The summed E-state index contributed by atoms with van der Waals surface area (Å²) >= 11 is 0. The van der Waals surface area contributed by atoms with Crippen LogP contribution in [0.3, 0.4) is 0 Å². The molecular weight excluding hydrogens is 196 g/mol. The highest BCUT2D eigenvalue weighted by Crippen LogP contribution is 2.31. The first-order valence-corrected chi connectivity index (χ1v) is 7.35. The summed E-state index contributed by atoms with van der Waals surface area (Å²) in [5, 5.41) is 3.85. The van der Waals surface area contributed by atoms with Gasteiger partial charge in [0.05, 0.1) is 0 Å². The Morgan fingerprint density at radius 2 is 1.88 bits per heavy atom. The van der Waals surface area contributed by atoms with Crippen molar-refractivity contribution in [1.82, 2.24) is 10.2 Å². The van der Waals surface area contributed by atoms with Gasteiger partial charge >= 0.3 is 0 Å². The van der Waals surface area contributed by atoms with E-state index in [1.807, 2.05) is 0 Å². The van der Waals surface area contributed by atoms with E-state index < -0.39 is 0 Å². The molecule has 92 valence electrons. The standard InChI is InChI=1S/C14H26N2/c1-2-11-8-13(15-12-6-7-12)10-16(9-11)14-4-3-5-14/h11-15H,2-10H2,1H3. The smallest absolute Gasteiger partial charge is 0.0200 e. The molecule has 3 fully saturated rings. The maximum Gasteiger partial charge on any atom is 0.0200 e. The number of nitrogens with zero attached hydrogens (tertiary/aromatic N) is 1. The van der Waals surface area contributed by atoms with Gasteiger partial charge in [-0.05, 0) is 38.0 Å². The first kappa shape index (κ1) is 11.0. The van der Waals surface area contributed by atoms with Gasteiger partial charge in [0.1, 0.15) is 0 Å². The van der Waals surface area contributed by atoms with E-state index >= 15 is 0 Å². The predicted octanol–water partition coefficient (Wildman–Crippen LogP) is 2.39. The van der Waals surface area contributed by atoms with Crippen LogP contribution in [-0.4, -0.2) is 36.1 Å². The van der Waals surface area contributed by atoms with Crippen LogP contribution in [0.2, 0.25) is 0 Å². The highest BCUT2D eigenvalue weighted by Gasteiger charge is 2.35. The zero-order chi connectivity index (χ0) is 11.0. The third kappa shape index (κ3) is 2.43. The van der Waals surface area contributed by atoms with Gasteiger partial charge in [-0.3, -0.25) is 4.90 Å². The summed E-state index contributed by atoms with van der Waals surface area (Å²) in [6.45, 7) is 5.07. The van der Waals surface area contributed by atoms with Gasteiger partial charge in [-0.2, -0.15) is 0 Å². The normalized spacial score (nSPS) is 37.3. The molecule has 3 aliphatic rings. The average Bonchev–Trinajstić information content (AvgIpc) is 2.98. The number of nitrogens with one attached hydrogen (secondary N) is 1. The summed E-state index contributed by atoms with van der Waals surface area (Å²) in [5.41, 5.74) is 0. The molecule has 0 aromatic heterocycles. The van der Waals surface area contributed by atoms with E-state index in [9.17, 15) is 0 Å². The SMILES string of the molecule is CCC1CC(NC2CC2)CN(C2CCC2)C1. The van der Waals surface area contributed by atoms with Crippen molar-refractivity contribution >= 4 is 0 Å². The minimum absolute atomic E-state index is 0.798. The van der Waals surface area contributed by atoms with Crippen LogP contribution in [-0.2, 0) is 0 Å². The molecule has 2 saturated carbocycles. The molecule has 2 atom stereocenters. The van der Waals surface area contributed by atoms with E-state index in [1.54, 1.807) is 0 Å². The predicted molar refractivity (Wildman–Crippen MR) is 67.6 cm³/mol. The van der Waals surface area contributed by atoms with Gasteiger partial charge in [0.15, 0.2) is 0 Å². The van der Waals surface area contributed by atoms with Gasteiger partial charge in [0, 0.05) is 31.2 Å². The summed E-state index contributed by atoms with van der Waals surface area (Å²) in [5.74, 6) is 0.950. The van der Waals surface area contributed by atoms with Gasteiger partial charge in [0.25, 0.3) is 0 Å². The fraction of sp³-hybridized carbons (Fsp3) is 1.00. The van der Waals surface area contributed by atoms with Crippen LogP contribution in [0.1, 0.15) is 51.9 Å². The second kappa shape index (κ2) is 4.66. The molecule has 0 bridgehead atoms. The Kier molecular flexibility index (Phi) is 3.21. The maximum atomic E-state index is 3.85. The van der Waals surface area contributed by atoms with Crippen molar-refractivity contribution in [1.29, 1.82) is 0 Å². The largest absolute Gasteiger partial charge is 0.310 e. The van der Waals surface area contributed by atoms with Crippen molar-refractivity contribution in [3.05, 3.63) is 0 Å². The summed E-state index contributed by atoms with van der Waals surface area (Å²) in [6, 6.07) is 2.62. The topological polar surface area (TPSA) is 15.3 Å². The first-order valence-electron chi connectivity index (χ1n) is 7.35. The Balaban J connectivity index is 1.56. The fourth-order valence-corrected chi connectivity index (χ4v) is 3.29. The number of piperidine rings is 1. The third-order valence-electron chi connectivity index (χ3n) is 4.78. The van der Waals surface area contributed by atoms with Crippen LogP contribution in [0.4, 0.5) is 0 Å². The molecule has 16 heavy (non-hydrogen) atoms. The lowest BCUT2D eigenvalue weighted by atomic mass is 9.85. The summed E-state index contributed by atoms with van der Waals surface area (Å²) in [7, 11) is 0. The number of hydrogen-bond acceptors (Lipinski definition) is 2. The highest BCUT2D eigenvalue weighted by atomic mass is 15.2. The van der Waals surface area contributed by atoms with E-state index in [2.05, 4.69) is 17.1 Å². The van der Waals surface area contributed by atoms with Crippen LogP contribution in [0, 0.1) is 5.92 Å². The van der Waals surface area contributed by atoms with Crippen molar-refractivity contribution in [3.63, 3.8) is 0 Å². The summed E-state index contributed by atoms with van der Waals surface area (Å²) < 4.78 is 0. The molecule has 0 aromatic carbocycles.